The first kappa shape index (κ1) is 15.8. The van der Waals surface area contributed by atoms with E-state index in [0.29, 0.717) is 24.4 Å². The van der Waals surface area contributed by atoms with Crippen LogP contribution in [0.15, 0.2) is 0 Å². The molecule has 2 heterocycles. The summed E-state index contributed by atoms with van der Waals surface area (Å²) in [6.45, 7) is 0.882. The molecule has 0 bridgehead atoms. The van der Waals surface area contributed by atoms with E-state index in [2.05, 4.69) is 25.6 Å². The molecule has 0 saturated carbocycles. The Balaban J connectivity index is 1.76. The lowest BCUT2D eigenvalue weighted by Crippen LogP contribution is -2.43. The van der Waals surface area contributed by atoms with Crippen molar-refractivity contribution in [3.8, 4) is 0 Å². The van der Waals surface area contributed by atoms with Gasteiger partial charge in [0.1, 0.15) is 5.01 Å². The molecule has 1 unspecified atom stereocenters. The molecule has 8 heteroatoms. The Kier molecular flexibility index (Phi) is 6.06. The first-order chi connectivity index (χ1) is 10.2. The number of hydrogen-bond acceptors (Lipinski definition) is 7. The Bertz CT molecular complexity index is 486. The van der Waals surface area contributed by atoms with Crippen LogP contribution in [-0.2, 0) is 20.7 Å². The normalized spacial score (nSPS) is 18.2. The molecule has 0 aliphatic carbocycles. The number of piperidine rings is 1. The van der Waals surface area contributed by atoms with Gasteiger partial charge in [0.2, 0.25) is 11.0 Å². The molecule has 2 N–H and O–H groups in total. The predicted octanol–water partition coefficient (Wildman–Crippen LogP) is 1.11. The van der Waals surface area contributed by atoms with E-state index in [1.54, 1.807) is 0 Å². The van der Waals surface area contributed by atoms with Crippen LogP contribution in [0.3, 0.4) is 0 Å². The van der Waals surface area contributed by atoms with Crippen LogP contribution in [0.25, 0.3) is 0 Å². The number of methoxy groups -OCH3 is 1. The number of nitrogens with one attached hydrogen (secondary N) is 2. The van der Waals surface area contributed by atoms with Gasteiger partial charge in [-0.1, -0.05) is 17.8 Å². The first-order valence-corrected chi connectivity index (χ1v) is 7.94. The quantitative estimate of drug-likeness (QED) is 0.765. The van der Waals surface area contributed by atoms with E-state index in [9.17, 15) is 9.59 Å². The summed E-state index contributed by atoms with van der Waals surface area (Å²) in [5, 5.41) is 15.3. The molecule has 0 radical (unpaired) electrons. The Hall–Kier alpha value is -1.54. The Morgan fingerprint density at radius 3 is 3.00 bits per heavy atom. The number of nitrogens with zero attached hydrogens (tertiary/aromatic N) is 2. The van der Waals surface area contributed by atoms with Crippen molar-refractivity contribution in [2.24, 2.45) is 0 Å². The topological polar surface area (TPSA) is 93.2 Å². The Labute approximate surface area is 127 Å². The number of anilines is 1. The van der Waals surface area contributed by atoms with E-state index in [1.807, 2.05) is 0 Å². The molecule has 1 atom stereocenters. The van der Waals surface area contributed by atoms with Gasteiger partial charge < -0.3 is 10.1 Å². The third-order valence-electron chi connectivity index (χ3n) is 3.32. The van der Waals surface area contributed by atoms with Gasteiger partial charge in [0.05, 0.1) is 13.2 Å². The molecule has 1 aromatic heterocycles. The summed E-state index contributed by atoms with van der Waals surface area (Å²) in [5.41, 5.74) is 0. The molecule has 0 aromatic carbocycles. The molecule has 1 aliphatic rings. The molecule has 1 saturated heterocycles. The van der Waals surface area contributed by atoms with Gasteiger partial charge in [-0.25, -0.2) is 0 Å². The largest absolute Gasteiger partial charge is 0.469 e. The maximum absolute atomic E-state index is 12.0. The molecule has 7 nitrogen and oxygen atoms in total. The van der Waals surface area contributed by atoms with Gasteiger partial charge in [0.25, 0.3) is 0 Å². The van der Waals surface area contributed by atoms with Gasteiger partial charge >= 0.3 is 5.97 Å². The maximum Gasteiger partial charge on any atom is 0.305 e. The van der Waals surface area contributed by atoms with E-state index >= 15 is 0 Å². The summed E-state index contributed by atoms with van der Waals surface area (Å²) in [4.78, 5) is 23.0. The van der Waals surface area contributed by atoms with E-state index in [-0.39, 0.29) is 17.9 Å². The lowest BCUT2D eigenvalue weighted by molar-refractivity contribution is -0.140. The summed E-state index contributed by atoms with van der Waals surface area (Å²) < 4.78 is 4.58. The van der Waals surface area contributed by atoms with Crippen LogP contribution in [0.4, 0.5) is 5.13 Å². The fourth-order valence-electron chi connectivity index (χ4n) is 2.16. The van der Waals surface area contributed by atoms with Crippen LogP contribution in [0.1, 0.15) is 37.1 Å². The fraction of sp³-hybridized carbons (Fsp3) is 0.692. The highest BCUT2D eigenvalue weighted by atomic mass is 32.1. The summed E-state index contributed by atoms with van der Waals surface area (Å²) in [7, 11) is 1.38. The molecular formula is C13H20N4O3S. The SMILES string of the molecule is COC(=O)CCCc1nnc(NC(=O)C2CCCCN2)s1. The smallest absolute Gasteiger partial charge is 0.305 e. The van der Waals surface area contributed by atoms with Crippen molar-refractivity contribution in [1.29, 1.82) is 0 Å². The van der Waals surface area contributed by atoms with Crippen LogP contribution >= 0.6 is 11.3 Å². The molecule has 2 rings (SSSR count). The third-order valence-corrected chi connectivity index (χ3v) is 4.22. The van der Waals surface area contributed by atoms with Crippen molar-refractivity contribution < 1.29 is 14.3 Å². The summed E-state index contributed by atoms with van der Waals surface area (Å²) in [5.74, 6) is -0.275. The van der Waals surface area contributed by atoms with Gasteiger partial charge in [-0.3, -0.25) is 14.9 Å². The van der Waals surface area contributed by atoms with E-state index < -0.39 is 0 Å². The van der Waals surface area contributed by atoms with Crippen molar-refractivity contribution in [1.82, 2.24) is 15.5 Å². The van der Waals surface area contributed by atoms with Crippen LogP contribution in [-0.4, -0.2) is 41.8 Å². The summed E-state index contributed by atoms with van der Waals surface area (Å²) >= 11 is 1.35. The number of rotatable bonds is 6. The highest BCUT2D eigenvalue weighted by Crippen LogP contribution is 2.18. The average Bonchev–Trinajstić information content (AvgIpc) is 2.95. The monoisotopic (exact) mass is 312 g/mol. The minimum absolute atomic E-state index is 0.0491. The molecule has 1 aromatic rings. The van der Waals surface area contributed by atoms with Gasteiger partial charge in [0.15, 0.2) is 0 Å². The second-order valence-electron chi connectivity index (χ2n) is 4.92. The first-order valence-electron chi connectivity index (χ1n) is 7.12. The maximum atomic E-state index is 12.0. The number of aryl methyl sites for hydroxylation is 1. The van der Waals surface area contributed by atoms with Crippen molar-refractivity contribution in [2.45, 2.75) is 44.6 Å². The van der Waals surface area contributed by atoms with Crippen molar-refractivity contribution in [2.75, 3.05) is 19.0 Å². The zero-order valence-corrected chi connectivity index (χ0v) is 12.9. The average molecular weight is 312 g/mol. The van der Waals surface area contributed by atoms with Gasteiger partial charge in [-0.05, 0) is 25.8 Å². The van der Waals surface area contributed by atoms with Crippen LogP contribution < -0.4 is 10.6 Å². The summed E-state index contributed by atoms with van der Waals surface area (Å²) in [6, 6.07) is -0.134. The molecule has 116 valence electrons. The number of esters is 1. The molecule has 1 amide bonds. The van der Waals surface area contributed by atoms with E-state index in [0.717, 1.165) is 30.8 Å². The molecule has 1 fully saturated rings. The minimum Gasteiger partial charge on any atom is -0.469 e. The zero-order valence-electron chi connectivity index (χ0n) is 12.1. The fourth-order valence-corrected chi connectivity index (χ4v) is 2.94. The molecule has 0 spiro atoms. The number of carbonyl (C=O) groups is 2. The Morgan fingerprint density at radius 1 is 1.43 bits per heavy atom. The lowest BCUT2D eigenvalue weighted by atomic mass is 10.0. The number of aromatic nitrogens is 2. The number of carbonyl (C=O) groups excluding carboxylic acids is 2. The summed E-state index contributed by atoms with van der Waals surface area (Å²) in [6.07, 6.45) is 4.73. The van der Waals surface area contributed by atoms with Crippen LogP contribution in [0, 0.1) is 0 Å². The second-order valence-corrected chi connectivity index (χ2v) is 5.98. The van der Waals surface area contributed by atoms with Gasteiger partial charge in [0, 0.05) is 12.8 Å². The third kappa shape index (κ3) is 5.05. The van der Waals surface area contributed by atoms with E-state index in [4.69, 9.17) is 0 Å². The van der Waals surface area contributed by atoms with Crippen molar-refractivity contribution in [3.63, 3.8) is 0 Å². The number of hydrogen-bond donors (Lipinski definition) is 2. The minimum atomic E-state index is -0.226. The molecule has 21 heavy (non-hydrogen) atoms. The van der Waals surface area contributed by atoms with Gasteiger partial charge in [-0.2, -0.15) is 0 Å². The standard InChI is InChI=1S/C13H20N4O3S/c1-20-11(18)7-4-6-10-16-17-13(21-10)15-12(19)9-5-2-3-8-14-9/h9,14H,2-8H2,1H3,(H,15,17,19). The van der Waals surface area contributed by atoms with Crippen molar-refractivity contribution in [3.05, 3.63) is 5.01 Å². The van der Waals surface area contributed by atoms with Gasteiger partial charge in [-0.15, -0.1) is 10.2 Å². The van der Waals surface area contributed by atoms with Crippen molar-refractivity contribution >= 4 is 28.3 Å². The van der Waals surface area contributed by atoms with E-state index in [1.165, 1.54) is 18.4 Å². The van der Waals surface area contributed by atoms with Crippen LogP contribution in [0.2, 0.25) is 0 Å². The molecule has 1 aliphatic heterocycles. The second kappa shape index (κ2) is 8.04. The number of amides is 1. The zero-order chi connectivity index (χ0) is 15.1. The highest BCUT2D eigenvalue weighted by Gasteiger charge is 2.21. The molecular weight excluding hydrogens is 292 g/mol. The Morgan fingerprint density at radius 2 is 2.29 bits per heavy atom. The number of ether oxygens (including phenoxy) is 1. The lowest BCUT2D eigenvalue weighted by Gasteiger charge is -2.21. The predicted molar refractivity (Wildman–Crippen MR) is 79.1 cm³/mol. The highest BCUT2D eigenvalue weighted by molar-refractivity contribution is 7.15. The van der Waals surface area contributed by atoms with Crippen LogP contribution in [0.5, 0.6) is 0 Å².